The molecule has 0 spiro atoms. The Labute approximate surface area is 98.0 Å². The molecule has 88 valence electrons. The van der Waals surface area contributed by atoms with Gasteiger partial charge in [-0.2, -0.15) is 0 Å². The minimum atomic E-state index is 0.437. The third-order valence-electron chi connectivity index (χ3n) is 3.62. The minimum absolute atomic E-state index is 0.437. The van der Waals surface area contributed by atoms with E-state index >= 15 is 0 Å². The third-order valence-corrected chi connectivity index (χ3v) is 3.62. The second-order valence-corrected chi connectivity index (χ2v) is 4.55. The van der Waals surface area contributed by atoms with Crippen LogP contribution in [-0.2, 0) is 11.2 Å². The quantitative estimate of drug-likeness (QED) is 0.839. The molecule has 1 aromatic carbocycles. The van der Waals surface area contributed by atoms with Crippen LogP contribution < -0.4 is 5.32 Å². The Balaban J connectivity index is 2.23. The predicted octanol–water partition coefficient (Wildman–Crippen LogP) is 2.34. The number of hydrogen-bond acceptors (Lipinski definition) is 2. The summed E-state index contributed by atoms with van der Waals surface area (Å²) in [6.45, 7) is 0.787. The number of methoxy groups -OCH3 is 1. The smallest absolute Gasteiger partial charge is 0.0621 e. The normalized spacial score (nSPS) is 21.5. The molecule has 1 aliphatic carbocycles. The molecule has 0 radical (unpaired) electrons. The van der Waals surface area contributed by atoms with E-state index in [-0.39, 0.29) is 0 Å². The molecule has 0 bridgehead atoms. The summed E-state index contributed by atoms with van der Waals surface area (Å²) in [5.74, 6) is 0.606. The summed E-state index contributed by atoms with van der Waals surface area (Å²) < 4.78 is 5.30. The van der Waals surface area contributed by atoms with Crippen LogP contribution in [0.2, 0.25) is 0 Å². The van der Waals surface area contributed by atoms with Crippen molar-refractivity contribution in [2.24, 2.45) is 0 Å². The fourth-order valence-electron chi connectivity index (χ4n) is 2.79. The topological polar surface area (TPSA) is 21.3 Å². The van der Waals surface area contributed by atoms with Crippen molar-refractivity contribution in [3.8, 4) is 0 Å². The zero-order chi connectivity index (χ0) is 11.4. The summed E-state index contributed by atoms with van der Waals surface area (Å²) >= 11 is 0. The highest BCUT2D eigenvalue weighted by Gasteiger charge is 2.26. The number of ether oxygens (including phenoxy) is 1. The zero-order valence-corrected chi connectivity index (χ0v) is 10.2. The molecule has 0 saturated carbocycles. The van der Waals surface area contributed by atoms with Gasteiger partial charge in [-0.05, 0) is 37.4 Å². The molecule has 2 rings (SSSR count). The first-order valence-corrected chi connectivity index (χ1v) is 6.11. The highest BCUT2D eigenvalue weighted by Crippen LogP contribution is 2.33. The summed E-state index contributed by atoms with van der Waals surface area (Å²) in [7, 11) is 3.81. The third kappa shape index (κ3) is 2.28. The van der Waals surface area contributed by atoms with Gasteiger partial charge in [0.2, 0.25) is 0 Å². The molecule has 2 heteroatoms. The van der Waals surface area contributed by atoms with Crippen LogP contribution in [0.4, 0.5) is 0 Å². The molecule has 0 fully saturated rings. The molecule has 0 aromatic heterocycles. The summed E-state index contributed by atoms with van der Waals surface area (Å²) in [5.41, 5.74) is 3.04. The number of likely N-dealkylation sites (N-methyl/N-ethyl adjacent to an activating group) is 1. The van der Waals surface area contributed by atoms with Gasteiger partial charge in [-0.15, -0.1) is 0 Å². The monoisotopic (exact) mass is 219 g/mol. The van der Waals surface area contributed by atoms with Gasteiger partial charge < -0.3 is 10.1 Å². The van der Waals surface area contributed by atoms with E-state index in [1.165, 1.54) is 30.4 Å². The van der Waals surface area contributed by atoms with Crippen molar-refractivity contribution in [1.82, 2.24) is 5.32 Å². The molecule has 0 heterocycles. The number of benzene rings is 1. The van der Waals surface area contributed by atoms with Crippen LogP contribution in [0.25, 0.3) is 0 Å². The lowest BCUT2D eigenvalue weighted by Crippen LogP contribution is -2.37. The molecule has 16 heavy (non-hydrogen) atoms. The molecule has 1 N–H and O–H groups in total. The number of aryl methyl sites for hydroxylation is 1. The van der Waals surface area contributed by atoms with Gasteiger partial charge in [0.1, 0.15) is 0 Å². The summed E-state index contributed by atoms with van der Waals surface area (Å²) in [5, 5.41) is 3.39. The number of hydrogen-bond donors (Lipinski definition) is 1. The summed E-state index contributed by atoms with van der Waals surface area (Å²) in [6, 6.07) is 9.27. The van der Waals surface area contributed by atoms with E-state index in [4.69, 9.17) is 4.74 Å². The molecule has 1 aromatic rings. The summed E-state index contributed by atoms with van der Waals surface area (Å²) in [6.07, 6.45) is 3.80. The van der Waals surface area contributed by atoms with Crippen molar-refractivity contribution in [1.29, 1.82) is 0 Å². The van der Waals surface area contributed by atoms with Gasteiger partial charge in [0.25, 0.3) is 0 Å². The van der Waals surface area contributed by atoms with Gasteiger partial charge >= 0.3 is 0 Å². The van der Waals surface area contributed by atoms with Crippen LogP contribution in [-0.4, -0.2) is 26.8 Å². The first-order chi connectivity index (χ1) is 7.86. The standard InChI is InChI=1S/C14H21NO/c1-15-14(10-16-2)13-9-5-7-11-6-3-4-8-12(11)13/h3-4,6,8,13-15H,5,7,9-10H2,1-2H3. The number of fused-ring (bicyclic) bond motifs is 1. The molecule has 0 amide bonds. The molecule has 0 saturated heterocycles. The van der Waals surface area contributed by atoms with E-state index in [1.54, 1.807) is 7.11 Å². The predicted molar refractivity (Wildman–Crippen MR) is 66.8 cm³/mol. The maximum Gasteiger partial charge on any atom is 0.0621 e. The van der Waals surface area contributed by atoms with Crippen molar-refractivity contribution < 1.29 is 4.74 Å². The average Bonchev–Trinajstić information content (AvgIpc) is 2.35. The van der Waals surface area contributed by atoms with Crippen LogP contribution >= 0.6 is 0 Å². The Bertz CT molecular complexity index is 337. The van der Waals surface area contributed by atoms with E-state index in [9.17, 15) is 0 Å². The lowest BCUT2D eigenvalue weighted by Gasteiger charge is -2.31. The van der Waals surface area contributed by atoms with Crippen LogP contribution in [0.5, 0.6) is 0 Å². The van der Waals surface area contributed by atoms with Gasteiger partial charge in [-0.3, -0.25) is 0 Å². The van der Waals surface area contributed by atoms with E-state index in [2.05, 4.69) is 29.6 Å². The van der Waals surface area contributed by atoms with E-state index < -0.39 is 0 Å². The molecule has 1 aliphatic rings. The first-order valence-electron chi connectivity index (χ1n) is 6.11. The Morgan fingerprint density at radius 2 is 2.25 bits per heavy atom. The molecular formula is C14H21NO. The Hall–Kier alpha value is -0.860. The SMILES string of the molecule is CNC(COC)C1CCCc2ccccc21. The fraction of sp³-hybridized carbons (Fsp3) is 0.571. The van der Waals surface area contributed by atoms with Gasteiger partial charge in [-0.25, -0.2) is 0 Å². The molecule has 0 aliphatic heterocycles. The molecule has 2 nitrogen and oxygen atoms in total. The van der Waals surface area contributed by atoms with Crippen molar-refractivity contribution in [2.75, 3.05) is 20.8 Å². The van der Waals surface area contributed by atoms with Gasteiger partial charge in [-0.1, -0.05) is 24.3 Å². The summed E-state index contributed by atoms with van der Waals surface area (Å²) in [4.78, 5) is 0. The van der Waals surface area contributed by atoms with E-state index in [1.807, 2.05) is 7.05 Å². The second-order valence-electron chi connectivity index (χ2n) is 4.55. The van der Waals surface area contributed by atoms with Gasteiger partial charge in [0.05, 0.1) is 6.61 Å². The van der Waals surface area contributed by atoms with E-state index in [0.29, 0.717) is 12.0 Å². The lowest BCUT2D eigenvalue weighted by molar-refractivity contribution is 0.154. The Kier molecular flexibility index (Phi) is 3.97. The van der Waals surface area contributed by atoms with Crippen LogP contribution in [0.1, 0.15) is 29.9 Å². The van der Waals surface area contributed by atoms with Crippen molar-refractivity contribution in [2.45, 2.75) is 31.2 Å². The van der Waals surface area contributed by atoms with Crippen molar-refractivity contribution in [3.05, 3.63) is 35.4 Å². The largest absolute Gasteiger partial charge is 0.383 e. The maximum absolute atomic E-state index is 5.30. The average molecular weight is 219 g/mol. The highest BCUT2D eigenvalue weighted by atomic mass is 16.5. The first kappa shape index (κ1) is 11.6. The van der Waals surface area contributed by atoms with Crippen LogP contribution in [0.3, 0.4) is 0 Å². The minimum Gasteiger partial charge on any atom is -0.383 e. The highest BCUT2D eigenvalue weighted by molar-refractivity contribution is 5.33. The molecule has 2 unspecified atom stereocenters. The second kappa shape index (κ2) is 5.46. The Morgan fingerprint density at radius 3 is 3.00 bits per heavy atom. The Morgan fingerprint density at radius 1 is 1.44 bits per heavy atom. The zero-order valence-electron chi connectivity index (χ0n) is 10.2. The van der Waals surface area contributed by atoms with Crippen LogP contribution in [0.15, 0.2) is 24.3 Å². The van der Waals surface area contributed by atoms with Crippen molar-refractivity contribution >= 4 is 0 Å². The van der Waals surface area contributed by atoms with Crippen LogP contribution in [0, 0.1) is 0 Å². The number of rotatable bonds is 4. The van der Waals surface area contributed by atoms with E-state index in [0.717, 1.165) is 6.61 Å². The maximum atomic E-state index is 5.30. The molecular weight excluding hydrogens is 198 g/mol. The molecule has 2 atom stereocenters. The number of nitrogens with one attached hydrogen (secondary N) is 1. The fourth-order valence-corrected chi connectivity index (χ4v) is 2.79. The van der Waals surface area contributed by atoms with Gasteiger partial charge in [0.15, 0.2) is 0 Å². The van der Waals surface area contributed by atoms with Gasteiger partial charge in [0, 0.05) is 19.1 Å². The lowest BCUT2D eigenvalue weighted by atomic mass is 9.79. The van der Waals surface area contributed by atoms with Crippen molar-refractivity contribution in [3.63, 3.8) is 0 Å².